The van der Waals surface area contributed by atoms with E-state index in [1.165, 1.54) is 5.56 Å². The standard InChI is InChI=1S/C24H29N5O2/c30-21-11-14-28(15-12-25-21)24(31)18-8-5-13-29(16-18)23-19-9-4-10-20(19)26-22(27-23)17-6-2-1-3-7-17/h1-3,6-7,18H,4-5,8-16H2,(H,25,30)/t18-/m1/s1. The van der Waals surface area contributed by atoms with Gasteiger partial charge in [0.05, 0.1) is 5.92 Å². The maximum absolute atomic E-state index is 13.2. The lowest BCUT2D eigenvalue weighted by Gasteiger charge is -2.36. The van der Waals surface area contributed by atoms with Crippen molar-refractivity contribution in [1.82, 2.24) is 20.2 Å². The molecular formula is C24H29N5O2. The lowest BCUT2D eigenvalue weighted by Crippen LogP contribution is -2.46. The van der Waals surface area contributed by atoms with Crippen LogP contribution < -0.4 is 10.2 Å². The number of benzene rings is 1. The summed E-state index contributed by atoms with van der Waals surface area (Å²) < 4.78 is 0. The highest BCUT2D eigenvalue weighted by Crippen LogP contribution is 2.33. The summed E-state index contributed by atoms with van der Waals surface area (Å²) in [7, 11) is 0. The highest BCUT2D eigenvalue weighted by atomic mass is 16.2. The lowest BCUT2D eigenvalue weighted by molar-refractivity contribution is -0.135. The summed E-state index contributed by atoms with van der Waals surface area (Å²) in [5.74, 6) is 1.96. The number of carbonyl (C=O) groups is 2. The average molecular weight is 420 g/mol. The molecule has 5 rings (SSSR count). The van der Waals surface area contributed by atoms with E-state index in [1.54, 1.807) is 0 Å². The molecule has 7 heteroatoms. The topological polar surface area (TPSA) is 78.4 Å². The number of piperidine rings is 1. The Kier molecular flexibility index (Phi) is 5.57. The summed E-state index contributed by atoms with van der Waals surface area (Å²) in [6.45, 7) is 3.26. The number of fused-ring (bicyclic) bond motifs is 1. The predicted octanol–water partition coefficient (Wildman–Crippen LogP) is 2.20. The Labute approximate surface area is 182 Å². The van der Waals surface area contributed by atoms with E-state index >= 15 is 0 Å². The van der Waals surface area contributed by atoms with Gasteiger partial charge in [0.2, 0.25) is 11.8 Å². The summed E-state index contributed by atoms with van der Waals surface area (Å²) in [6.07, 6.45) is 5.37. The van der Waals surface area contributed by atoms with Gasteiger partial charge in [0.15, 0.2) is 5.82 Å². The number of hydrogen-bond donors (Lipinski definition) is 1. The normalized spacial score (nSPS) is 21.4. The highest BCUT2D eigenvalue weighted by molar-refractivity contribution is 5.82. The zero-order valence-electron chi connectivity index (χ0n) is 17.8. The van der Waals surface area contributed by atoms with E-state index in [0.717, 1.165) is 61.5 Å². The number of aromatic nitrogens is 2. The molecule has 2 amide bonds. The monoisotopic (exact) mass is 419 g/mol. The van der Waals surface area contributed by atoms with Crippen molar-refractivity contribution in [1.29, 1.82) is 0 Å². The van der Waals surface area contributed by atoms with Crippen LogP contribution in [0.4, 0.5) is 5.82 Å². The molecule has 7 nitrogen and oxygen atoms in total. The van der Waals surface area contributed by atoms with Gasteiger partial charge in [-0.25, -0.2) is 9.97 Å². The fourth-order valence-electron chi connectivity index (χ4n) is 5.01. The first-order valence-corrected chi connectivity index (χ1v) is 11.4. The van der Waals surface area contributed by atoms with E-state index in [9.17, 15) is 9.59 Å². The van der Waals surface area contributed by atoms with Crippen LogP contribution in [0.3, 0.4) is 0 Å². The molecule has 0 spiro atoms. The maximum Gasteiger partial charge on any atom is 0.227 e. The van der Waals surface area contributed by atoms with Crippen LogP contribution in [0.5, 0.6) is 0 Å². The van der Waals surface area contributed by atoms with Crippen LogP contribution in [0.25, 0.3) is 11.4 Å². The first-order valence-electron chi connectivity index (χ1n) is 11.4. The van der Waals surface area contributed by atoms with Gasteiger partial charge in [-0.2, -0.15) is 0 Å². The van der Waals surface area contributed by atoms with E-state index in [-0.39, 0.29) is 17.7 Å². The van der Waals surface area contributed by atoms with E-state index in [2.05, 4.69) is 22.3 Å². The minimum atomic E-state index is -0.0471. The number of rotatable bonds is 3. The highest BCUT2D eigenvalue weighted by Gasteiger charge is 2.33. The summed E-state index contributed by atoms with van der Waals surface area (Å²) in [5, 5.41) is 2.86. The molecule has 2 fully saturated rings. The maximum atomic E-state index is 13.2. The first-order chi connectivity index (χ1) is 15.2. The Hall–Kier alpha value is -2.96. The van der Waals surface area contributed by atoms with Gasteiger partial charge in [-0.15, -0.1) is 0 Å². The number of nitrogens with zero attached hydrogens (tertiary/aromatic N) is 4. The van der Waals surface area contributed by atoms with Crippen LogP contribution >= 0.6 is 0 Å². The summed E-state index contributed by atoms with van der Waals surface area (Å²) in [4.78, 5) is 38.9. The van der Waals surface area contributed by atoms with Crippen LogP contribution in [0, 0.1) is 5.92 Å². The molecule has 0 radical (unpaired) electrons. The Morgan fingerprint density at radius 2 is 1.87 bits per heavy atom. The minimum Gasteiger partial charge on any atom is -0.355 e. The Balaban J connectivity index is 1.39. The van der Waals surface area contributed by atoms with Crippen molar-refractivity contribution >= 4 is 17.6 Å². The molecule has 3 heterocycles. The Morgan fingerprint density at radius 3 is 2.74 bits per heavy atom. The second-order valence-corrected chi connectivity index (χ2v) is 8.73. The zero-order chi connectivity index (χ0) is 21.2. The predicted molar refractivity (Wildman–Crippen MR) is 119 cm³/mol. The van der Waals surface area contributed by atoms with E-state index in [4.69, 9.17) is 9.97 Å². The van der Waals surface area contributed by atoms with Gasteiger partial charge in [-0.05, 0) is 32.1 Å². The first kappa shape index (κ1) is 20.0. The third-order valence-corrected chi connectivity index (χ3v) is 6.64. The van der Waals surface area contributed by atoms with Crippen LogP contribution in [-0.2, 0) is 22.4 Å². The van der Waals surface area contributed by atoms with Crippen molar-refractivity contribution < 1.29 is 9.59 Å². The Bertz CT molecular complexity index is 977. The van der Waals surface area contributed by atoms with Crippen molar-refractivity contribution in [2.75, 3.05) is 37.6 Å². The number of hydrogen-bond acceptors (Lipinski definition) is 5. The van der Waals surface area contributed by atoms with Gasteiger partial charge in [-0.1, -0.05) is 30.3 Å². The molecule has 0 unspecified atom stereocenters. The van der Waals surface area contributed by atoms with Crippen molar-refractivity contribution in [3.05, 3.63) is 41.6 Å². The van der Waals surface area contributed by atoms with Crippen molar-refractivity contribution in [2.45, 2.75) is 38.5 Å². The van der Waals surface area contributed by atoms with Gasteiger partial charge < -0.3 is 15.1 Å². The van der Waals surface area contributed by atoms with Gasteiger partial charge >= 0.3 is 0 Å². The number of nitrogens with one attached hydrogen (secondary N) is 1. The average Bonchev–Trinajstić information content (AvgIpc) is 3.19. The summed E-state index contributed by atoms with van der Waals surface area (Å²) in [6, 6.07) is 10.1. The van der Waals surface area contributed by atoms with Crippen molar-refractivity contribution in [3.63, 3.8) is 0 Å². The van der Waals surface area contributed by atoms with Gasteiger partial charge in [0.25, 0.3) is 0 Å². The zero-order valence-corrected chi connectivity index (χ0v) is 17.8. The molecule has 2 aliphatic heterocycles. The molecule has 1 aromatic carbocycles. The molecule has 1 aromatic heterocycles. The summed E-state index contributed by atoms with van der Waals surface area (Å²) in [5.41, 5.74) is 3.46. The molecule has 1 atom stereocenters. The molecular weight excluding hydrogens is 390 g/mol. The van der Waals surface area contributed by atoms with Gasteiger partial charge in [0, 0.05) is 56.0 Å². The van der Waals surface area contributed by atoms with Crippen molar-refractivity contribution in [2.24, 2.45) is 5.92 Å². The molecule has 1 aliphatic carbocycles. The van der Waals surface area contributed by atoms with Crippen LogP contribution in [-0.4, -0.2) is 59.4 Å². The number of carbonyl (C=O) groups excluding carboxylic acids is 2. The Morgan fingerprint density at radius 1 is 1.00 bits per heavy atom. The second kappa shape index (κ2) is 8.65. The molecule has 0 saturated carbocycles. The van der Waals surface area contributed by atoms with E-state index < -0.39 is 0 Å². The molecule has 0 bridgehead atoms. The quantitative estimate of drug-likeness (QED) is 0.825. The van der Waals surface area contributed by atoms with Crippen LogP contribution in [0.15, 0.2) is 30.3 Å². The van der Waals surface area contributed by atoms with Crippen LogP contribution in [0.2, 0.25) is 0 Å². The molecule has 2 saturated heterocycles. The molecule has 31 heavy (non-hydrogen) atoms. The van der Waals surface area contributed by atoms with E-state index in [1.807, 2.05) is 23.1 Å². The largest absolute Gasteiger partial charge is 0.355 e. The molecule has 2 aromatic rings. The van der Waals surface area contributed by atoms with Gasteiger partial charge in [0.1, 0.15) is 5.82 Å². The molecule has 3 aliphatic rings. The molecule has 1 N–H and O–H groups in total. The smallest absolute Gasteiger partial charge is 0.227 e. The fourth-order valence-corrected chi connectivity index (χ4v) is 5.01. The third kappa shape index (κ3) is 4.13. The number of anilines is 1. The lowest BCUT2D eigenvalue weighted by atomic mass is 9.96. The van der Waals surface area contributed by atoms with Crippen molar-refractivity contribution in [3.8, 4) is 11.4 Å². The van der Waals surface area contributed by atoms with E-state index in [0.29, 0.717) is 32.6 Å². The molecule has 162 valence electrons. The summed E-state index contributed by atoms with van der Waals surface area (Å²) >= 11 is 0. The van der Waals surface area contributed by atoms with Gasteiger partial charge in [-0.3, -0.25) is 9.59 Å². The van der Waals surface area contributed by atoms with Crippen LogP contribution in [0.1, 0.15) is 36.9 Å². The fraction of sp³-hybridized carbons (Fsp3) is 0.500. The third-order valence-electron chi connectivity index (χ3n) is 6.64. The number of aryl methyl sites for hydroxylation is 1. The second-order valence-electron chi connectivity index (χ2n) is 8.73. The minimum absolute atomic E-state index is 0.0329. The SMILES string of the molecule is O=C1CCN(C(=O)[C@@H]2CCCN(c3nc(-c4ccccc4)nc4c3CCC4)C2)CCN1. The number of amides is 2.